The second kappa shape index (κ2) is 5.95. The van der Waals surface area contributed by atoms with Gasteiger partial charge in [0.15, 0.2) is 0 Å². The topological polar surface area (TPSA) is 23.8 Å². The predicted molar refractivity (Wildman–Crippen MR) is 67.4 cm³/mol. The summed E-state index contributed by atoms with van der Waals surface area (Å²) >= 11 is 9.60. The summed E-state index contributed by atoms with van der Waals surface area (Å²) in [5.74, 6) is 0. The van der Waals surface area contributed by atoms with Crippen molar-refractivity contribution in [3.63, 3.8) is 0 Å². The third-order valence-corrected chi connectivity index (χ3v) is 3.13. The van der Waals surface area contributed by atoms with Gasteiger partial charge in [0.1, 0.15) is 0 Å². The Bertz CT molecular complexity index is 418. The molecule has 0 atom stereocenters. The van der Waals surface area contributed by atoms with Crippen LogP contribution in [0.25, 0.3) is 5.03 Å². The van der Waals surface area contributed by atoms with E-state index in [4.69, 9.17) is 16.9 Å². The molecule has 1 aromatic carbocycles. The van der Waals surface area contributed by atoms with Crippen molar-refractivity contribution in [1.82, 2.24) is 0 Å². The van der Waals surface area contributed by atoms with Gasteiger partial charge < -0.3 is 0 Å². The maximum absolute atomic E-state index is 8.97. The van der Waals surface area contributed by atoms with Gasteiger partial charge >= 0.3 is 0 Å². The molecule has 0 saturated heterocycles. The Morgan fingerprint density at radius 3 is 2.67 bits per heavy atom. The van der Waals surface area contributed by atoms with Crippen molar-refractivity contribution in [3.05, 3.63) is 39.9 Å². The summed E-state index contributed by atoms with van der Waals surface area (Å²) in [7, 11) is 0. The first-order valence-electron chi connectivity index (χ1n) is 4.74. The number of halogens is 2. The molecule has 0 heterocycles. The van der Waals surface area contributed by atoms with E-state index in [0.29, 0.717) is 10.6 Å². The summed E-state index contributed by atoms with van der Waals surface area (Å²) in [6.45, 7) is 2.03. The maximum Gasteiger partial charge on any atom is 0.0962 e. The van der Waals surface area contributed by atoms with E-state index in [1.54, 1.807) is 0 Å². The second-order valence-corrected chi connectivity index (χ2v) is 4.37. The molecule has 1 nitrogen and oxygen atoms in total. The molecule has 78 valence electrons. The van der Waals surface area contributed by atoms with Crippen molar-refractivity contribution in [2.45, 2.75) is 19.8 Å². The zero-order valence-electron chi connectivity index (χ0n) is 8.43. The quantitative estimate of drug-likeness (QED) is 0.737. The first kappa shape index (κ1) is 12.3. The van der Waals surface area contributed by atoms with Crippen LogP contribution in [0.1, 0.15) is 25.3 Å². The number of hydrogen-bond acceptors (Lipinski definition) is 1. The van der Waals surface area contributed by atoms with Gasteiger partial charge in [-0.3, -0.25) is 0 Å². The molecule has 1 rings (SSSR count). The molecule has 0 aliphatic rings. The van der Waals surface area contributed by atoms with Crippen LogP contribution in [-0.2, 0) is 0 Å². The Morgan fingerprint density at radius 2 is 2.13 bits per heavy atom. The van der Waals surface area contributed by atoms with E-state index in [2.05, 4.69) is 22.0 Å². The monoisotopic (exact) mass is 283 g/mol. The van der Waals surface area contributed by atoms with Crippen LogP contribution < -0.4 is 0 Å². The molecule has 0 spiro atoms. The van der Waals surface area contributed by atoms with Gasteiger partial charge in [-0.25, -0.2) is 0 Å². The van der Waals surface area contributed by atoms with E-state index >= 15 is 0 Å². The summed E-state index contributed by atoms with van der Waals surface area (Å²) in [5, 5.41) is 9.52. The molecule has 0 amide bonds. The largest absolute Gasteiger partial charge is 0.193 e. The number of benzene rings is 1. The molecule has 0 aliphatic carbocycles. The van der Waals surface area contributed by atoms with Crippen molar-refractivity contribution in [2.75, 3.05) is 0 Å². The van der Waals surface area contributed by atoms with Crippen LogP contribution >= 0.6 is 27.5 Å². The summed E-state index contributed by atoms with van der Waals surface area (Å²) in [5.41, 5.74) is 1.52. The third kappa shape index (κ3) is 3.09. The van der Waals surface area contributed by atoms with Gasteiger partial charge in [0.2, 0.25) is 0 Å². The molecule has 15 heavy (non-hydrogen) atoms. The number of allylic oxidation sites excluding steroid dienone is 1. The lowest BCUT2D eigenvalue weighted by atomic mass is 10.1. The summed E-state index contributed by atoms with van der Waals surface area (Å²) in [6.07, 6.45) is 1.64. The maximum atomic E-state index is 8.97. The lowest BCUT2D eigenvalue weighted by Crippen LogP contribution is -1.86. The Hall–Kier alpha value is -0.780. The molecule has 0 N–H and O–H groups in total. The van der Waals surface area contributed by atoms with Gasteiger partial charge in [-0.2, -0.15) is 5.26 Å². The lowest BCUT2D eigenvalue weighted by Gasteiger charge is -2.05. The Kier molecular flexibility index (Phi) is 4.87. The van der Waals surface area contributed by atoms with Gasteiger partial charge in [-0.1, -0.05) is 59.1 Å². The van der Waals surface area contributed by atoms with Crippen LogP contribution in [0, 0.1) is 11.3 Å². The predicted octanol–water partition coefficient (Wildman–Crippen LogP) is 4.72. The molecule has 0 radical (unpaired) electrons. The zero-order chi connectivity index (χ0) is 11.3. The van der Waals surface area contributed by atoms with E-state index in [-0.39, 0.29) is 0 Å². The Labute approximate surface area is 103 Å². The minimum atomic E-state index is 0.548. The zero-order valence-corrected chi connectivity index (χ0v) is 10.8. The molecule has 0 aromatic heterocycles. The highest BCUT2D eigenvalue weighted by Crippen LogP contribution is 2.30. The highest BCUT2D eigenvalue weighted by atomic mass is 79.9. The number of rotatable bonds is 3. The summed E-state index contributed by atoms with van der Waals surface area (Å²) in [4.78, 5) is 0. The highest BCUT2D eigenvalue weighted by Gasteiger charge is 2.08. The van der Waals surface area contributed by atoms with E-state index in [1.807, 2.05) is 31.2 Å². The normalized spacial score (nSPS) is 11.9. The van der Waals surface area contributed by atoms with Crippen LogP contribution in [0.5, 0.6) is 0 Å². The molecule has 1 aromatic rings. The van der Waals surface area contributed by atoms with Gasteiger partial charge in [0.25, 0.3) is 0 Å². The molecular formula is C12H11BrClN. The summed E-state index contributed by atoms with van der Waals surface area (Å²) in [6, 6.07) is 9.80. The van der Waals surface area contributed by atoms with Crippen molar-refractivity contribution in [3.8, 4) is 6.07 Å². The second-order valence-electron chi connectivity index (χ2n) is 3.13. The number of hydrogen-bond donors (Lipinski definition) is 0. The molecular weight excluding hydrogens is 273 g/mol. The fraction of sp³-hybridized carbons (Fsp3) is 0.250. The molecule has 0 unspecified atom stereocenters. The van der Waals surface area contributed by atoms with E-state index in [9.17, 15) is 0 Å². The smallest absolute Gasteiger partial charge is 0.0962 e. The Balaban J connectivity index is 3.18. The molecule has 0 aliphatic heterocycles. The standard InChI is InChI=1S/C12H11BrClN/c1-2-5-9(8-15)12(14)10-6-3-4-7-11(10)13/h3-4,6-7H,2,5H2,1H3. The van der Waals surface area contributed by atoms with E-state index in [0.717, 1.165) is 22.9 Å². The van der Waals surface area contributed by atoms with Crippen molar-refractivity contribution >= 4 is 32.6 Å². The minimum Gasteiger partial charge on any atom is -0.193 e. The minimum absolute atomic E-state index is 0.548. The van der Waals surface area contributed by atoms with Crippen LogP contribution in [-0.4, -0.2) is 0 Å². The van der Waals surface area contributed by atoms with Gasteiger partial charge in [0, 0.05) is 15.6 Å². The average Bonchev–Trinajstić information content (AvgIpc) is 2.25. The van der Waals surface area contributed by atoms with Crippen LogP contribution in [0.3, 0.4) is 0 Å². The van der Waals surface area contributed by atoms with Gasteiger partial charge in [0.05, 0.1) is 11.1 Å². The number of nitriles is 1. The van der Waals surface area contributed by atoms with Crippen LogP contribution in [0.2, 0.25) is 0 Å². The third-order valence-electron chi connectivity index (χ3n) is 2.01. The van der Waals surface area contributed by atoms with Crippen LogP contribution in [0.15, 0.2) is 34.3 Å². The SMILES string of the molecule is CCCC(C#N)=C(Cl)c1ccccc1Br. The van der Waals surface area contributed by atoms with E-state index < -0.39 is 0 Å². The van der Waals surface area contributed by atoms with Crippen molar-refractivity contribution in [1.29, 1.82) is 5.26 Å². The van der Waals surface area contributed by atoms with Gasteiger partial charge in [-0.05, 0) is 12.5 Å². The summed E-state index contributed by atoms with van der Waals surface area (Å²) < 4.78 is 0.916. The number of nitrogens with zero attached hydrogens (tertiary/aromatic N) is 1. The fourth-order valence-corrected chi connectivity index (χ4v) is 2.17. The fourth-order valence-electron chi connectivity index (χ4n) is 1.27. The lowest BCUT2D eigenvalue weighted by molar-refractivity contribution is 0.933. The van der Waals surface area contributed by atoms with Crippen molar-refractivity contribution < 1.29 is 0 Å². The van der Waals surface area contributed by atoms with Gasteiger partial charge in [-0.15, -0.1) is 0 Å². The molecule has 0 saturated carbocycles. The first-order valence-corrected chi connectivity index (χ1v) is 5.91. The van der Waals surface area contributed by atoms with E-state index in [1.165, 1.54) is 0 Å². The first-order chi connectivity index (χ1) is 7.20. The Morgan fingerprint density at radius 1 is 1.47 bits per heavy atom. The van der Waals surface area contributed by atoms with Crippen LogP contribution in [0.4, 0.5) is 0 Å². The molecule has 0 bridgehead atoms. The molecule has 0 fully saturated rings. The molecule has 3 heteroatoms. The average molecular weight is 285 g/mol. The highest BCUT2D eigenvalue weighted by molar-refractivity contribution is 9.10. The van der Waals surface area contributed by atoms with Crippen molar-refractivity contribution in [2.24, 2.45) is 0 Å².